The third-order valence-corrected chi connectivity index (χ3v) is 4.28. The van der Waals surface area contributed by atoms with E-state index in [0.717, 1.165) is 24.9 Å². The van der Waals surface area contributed by atoms with Crippen molar-refractivity contribution in [2.24, 2.45) is 0 Å². The quantitative estimate of drug-likeness (QED) is 0.757. The van der Waals surface area contributed by atoms with Crippen LogP contribution in [0.5, 0.6) is 0 Å². The van der Waals surface area contributed by atoms with Gasteiger partial charge in [-0.05, 0) is 71.1 Å². The molecule has 1 N–H and O–H groups in total. The highest BCUT2D eigenvalue weighted by molar-refractivity contribution is 9.10. The second kappa shape index (κ2) is 7.71. The highest BCUT2D eigenvalue weighted by atomic mass is 79.9. The third kappa shape index (κ3) is 4.39. The van der Waals surface area contributed by atoms with Crippen molar-refractivity contribution < 1.29 is 4.39 Å². The van der Waals surface area contributed by atoms with Gasteiger partial charge in [-0.2, -0.15) is 0 Å². The maximum absolute atomic E-state index is 13.4. The lowest BCUT2D eigenvalue weighted by atomic mass is 9.96. The molecular formula is C18H21BrFN. The predicted octanol–water partition coefficient (Wildman–Crippen LogP) is 5.18. The van der Waals surface area contributed by atoms with Gasteiger partial charge in [0.05, 0.1) is 4.47 Å². The summed E-state index contributed by atoms with van der Waals surface area (Å²) in [6, 6.07) is 13.9. The number of hydrogen-bond acceptors (Lipinski definition) is 1. The molecule has 0 saturated heterocycles. The number of aryl methyl sites for hydroxylation is 1. The fraction of sp³-hybridized carbons (Fsp3) is 0.333. The second-order valence-electron chi connectivity index (χ2n) is 5.31. The minimum Gasteiger partial charge on any atom is -0.310 e. The summed E-state index contributed by atoms with van der Waals surface area (Å²) in [6.45, 7) is 5.23. The van der Waals surface area contributed by atoms with Crippen LogP contribution in [0.3, 0.4) is 0 Å². The topological polar surface area (TPSA) is 12.0 Å². The minimum absolute atomic E-state index is 0.197. The molecule has 1 nitrogen and oxygen atoms in total. The monoisotopic (exact) mass is 349 g/mol. The molecule has 0 saturated carbocycles. The van der Waals surface area contributed by atoms with E-state index in [1.54, 1.807) is 0 Å². The van der Waals surface area contributed by atoms with Gasteiger partial charge in [0.15, 0.2) is 0 Å². The zero-order valence-corrected chi connectivity index (χ0v) is 14.1. The van der Waals surface area contributed by atoms with Gasteiger partial charge in [0.1, 0.15) is 5.82 Å². The SMILES string of the molecule is CCCNC(Cc1ccccc1C)c1ccc(F)c(Br)c1. The Bertz CT molecular complexity index is 598. The number of hydrogen-bond donors (Lipinski definition) is 1. The minimum atomic E-state index is -0.219. The van der Waals surface area contributed by atoms with Crippen LogP contribution in [0.25, 0.3) is 0 Å². The fourth-order valence-corrected chi connectivity index (χ4v) is 2.81. The van der Waals surface area contributed by atoms with E-state index in [-0.39, 0.29) is 11.9 Å². The lowest BCUT2D eigenvalue weighted by Crippen LogP contribution is -2.24. The van der Waals surface area contributed by atoms with Crippen LogP contribution in [-0.2, 0) is 6.42 Å². The van der Waals surface area contributed by atoms with E-state index in [2.05, 4.69) is 59.4 Å². The molecule has 0 aliphatic rings. The first kappa shape index (κ1) is 16.2. The molecule has 0 aromatic heterocycles. The van der Waals surface area contributed by atoms with Gasteiger partial charge in [0.2, 0.25) is 0 Å². The van der Waals surface area contributed by atoms with Gasteiger partial charge in [0, 0.05) is 6.04 Å². The molecule has 0 aliphatic heterocycles. The van der Waals surface area contributed by atoms with E-state index >= 15 is 0 Å². The molecule has 2 aromatic rings. The van der Waals surface area contributed by atoms with Crippen molar-refractivity contribution in [3.8, 4) is 0 Å². The number of benzene rings is 2. The molecule has 3 heteroatoms. The summed E-state index contributed by atoms with van der Waals surface area (Å²) in [5.74, 6) is -0.219. The van der Waals surface area contributed by atoms with Crippen molar-refractivity contribution in [1.29, 1.82) is 0 Å². The van der Waals surface area contributed by atoms with Crippen molar-refractivity contribution in [3.63, 3.8) is 0 Å². The van der Waals surface area contributed by atoms with E-state index in [1.165, 1.54) is 17.2 Å². The molecule has 0 spiro atoms. The van der Waals surface area contributed by atoms with Crippen LogP contribution in [0.15, 0.2) is 46.9 Å². The number of nitrogens with one attached hydrogen (secondary N) is 1. The Labute approximate surface area is 134 Å². The highest BCUT2D eigenvalue weighted by Gasteiger charge is 2.14. The van der Waals surface area contributed by atoms with E-state index < -0.39 is 0 Å². The molecule has 0 heterocycles. The first-order chi connectivity index (χ1) is 10.1. The van der Waals surface area contributed by atoms with Crippen molar-refractivity contribution in [2.75, 3.05) is 6.54 Å². The zero-order valence-electron chi connectivity index (χ0n) is 12.5. The molecule has 0 amide bonds. The Morgan fingerprint density at radius 3 is 2.62 bits per heavy atom. The van der Waals surface area contributed by atoms with Gasteiger partial charge >= 0.3 is 0 Å². The summed E-state index contributed by atoms with van der Waals surface area (Å²) < 4.78 is 14.0. The summed E-state index contributed by atoms with van der Waals surface area (Å²) in [6.07, 6.45) is 1.98. The molecule has 21 heavy (non-hydrogen) atoms. The van der Waals surface area contributed by atoms with Gasteiger partial charge < -0.3 is 5.32 Å². The first-order valence-corrected chi connectivity index (χ1v) is 8.14. The Kier molecular flexibility index (Phi) is 5.95. The second-order valence-corrected chi connectivity index (χ2v) is 6.17. The molecule has 112 valence electrons. The molecule has 2 rings (SSSR count). The van der Waals surface area contributed by atoms with Crippen molar-refractivity contribution in [1.82, 2.24) is 5.32 Å². The lowest BCUT2D eigenvalue weighted by Gasteiger charge is -2.20. The lowest BCUT2D eigenvalue weighted by molar-refractivity contribution is 0.526. The summed E-state index contributed by atoms with van der Waals surface area (Å²) >= 11 is 3.28. The molecule has 1 atom stereocenters. The Morgan fingerprint density at radius 1 is 1.19 bits per heavy atom. The van der Waals surface area contributed by atoms with Crippen LogP contribution in [0.4, 0.5) is 4.39 Å². The molecule has 0 aliphatic carbocycles. The molecule has 0 radical (unpaired) electrons. The van der Waals surface area contributed by atoms with Gasteiger partial charge in [-0.3, -0.25) is 0 Å². The number of halogens is 2. The summed E-state index contributed by atoms with van der Waals surface area (Å²) in [5.41, 5.74) is 3.73. The largest absolute Gasteiger partial charge is 0.310 e. The first-order valence-electron chi connectivity index (χ1n) is 7.34. The van der Waals surface area contributed by atoms with Gasteiger partial charge in [-0.15, -0.1) is 0 Å². The maximum atomic E-state index is 13.4. The predicted molar refractivity (Wildman–Crippen MR) is 90.0 cm³/mol. The van der Waals surface area contributed by atoms with Crippen molar-refractivity contribution in [2.45, 2.75) is 32.7 Å². The Hall–Kier alpha value is -1.19. The fourth-order valence-electron chi connectivity index (χ4n) is 2.41. The zero-order chi connectivity index (χ0) is 15.2. The average molecular weight is 350 g/mol. The normalized spacial score (nSPS) is 12.4. The number of rotatable bonds is 6. The molecule has 2 aromatic carbocycles. The van der Waals surface area contributed by atoms with Crippen LogP contribution in [0.2, 0.25) is 0 Å². The van der Waals surface area contributed by atoms with E-state index in [9.17, 15) is 4.39 Å². The summed E-state index contributed by atoms with van der Waals surface area (Å²) in [7, 11) is 0. The Balaban J connectivity index is 2.25. The average Bonchev–Trinajstić information content (AvgIpc) is 2.48. The molecule has 0 bridgehead atoms. The van der Waals surface area contributed by atoms with E-state index in [1.807, 2.05) is 12.1 Å². The van der Waals surface area contributed by atoms with E-state index in [0.29, 0.717) is 4.47 Å². The van der Waals surface area contributed by atoms with Crippen LogP contribution >= 0.6 is 15.9 Å². The van der Waals surface area contributed by atoms with Crippen LogP contribution < -0.4 is 5.32 Å². The van der Waals surface area contributed by atoms with Gasteiger partial charge in [-0.1, -0.05) is 37.3 Å². The van der Waals surface area contributed by atoms with Crippen LogP contribution in [0.1, 0.15) is 36.1 Å². The summed E-state index contributed by atoms with van der Waals surface area (Å²) in [4.78, 5) is 0. The van der Waals surface area contributed by atoms with Crippen LogP contribution in [-0.4, -0.2) is 6.54 Å². The third-order valence-electron chi connectivity index (χ3n) is 3.67. The highest BCUT2D eigenvalue weighted by Crippen LogP contribution is 2.25. The molecular weight excluding hydrogens is 329 g/mol. The smallest absolute Gasteiger partial charge is 0.137 e. The standard InChI is InChI=1S/C18H21BrFN/c1-3-10-21-18(12-14-7-5-4-6-13(14)2)15-8-9-17(20)16(19)11-15/h4-9,11,18,21H,3,10,12H2,1-2H3. The molecule has 1 unspecified atom stereocenters. The maximum Gasteiger partial charge on any atom is 0.137 e. The Morgan fingerprint density at radius 2 is 1.95 bits per heavy atom. The molecule has 0 fully saturated rings. The van der Waals surface area contributed by atoms with Crippen molar-refractivity contribution in [3.05, 3.63) is 69.4 Å². The van der Waals surface area contributed by atoms with Crippen LogP contribution in [0, 0.1) is 12.7 Å². The van der Waals surface area contributed by atoms with Gasteiger partial charge in [-0.25, -0.2) is 4.39 Å². The summed E-state index contributed by atoms with van der Waals surface area (Å²) in [5, 5.41) is 3.56. The van der Waals surface area contributed by atoms with E-state index in [4.69, 9.17) is 0 Å². The van der Waals surface area contributed by atoms with Gasteiger partial charge in [0.25, 0.3) is 0 Å². The van der Waals surface area contributed by atoms with Crippen molar-refractivity contribution >= 4 is 15.9 Å².